The molecule has 0 aromatic carbocycles. The third-order valence-electron chi connectivity index (χ3n) is 2.89. The smallest absolute Gasteiger partial charge is 0.746 e. The van der Waals surface area contributed by atoms with E-state index in [0.29, 0.717) is 0 Å². The van der Waals surface area contributed by atoms with Crippen molar-refractivity contribution in [3.05, 3.63) is 0 Å². The molecule has 29 heavy (non-hydrogen) atoms. The summed E-state index contributed by atoms with van der Waals surface area (Å²) in [5.74, 6) is -50.3. The van der Waals surface area contributed by atoms with Gasteiger partial charge in [-0.15, -0.1) is 0 Å². The van der Waals surface area contributed by atoms with Crippen molar-refractivity contribution >= 4 is 10.1 Å². The third kappa shape index (κ3) is 4.50. The molecule has 1 atom stereocenters. The van der Waals surface area contributed by atoms with E-state index >= 15 is 0 Å². The Bertz CT molecular complexity index is 697. The third-order valence-corrected chi connectivity index (χ3v) is 3.69. The molecule has 0 aliphatic rings. The van der Waals surface area contributed by atoms with Crippen LogP contribution in [0.15, 0.2) is 0 Å². The molecule has 0 radical (unpaired) electrons. The molecule has 170 valence electrons. The van der Waals surface area contributed by atoms with E-state index in [1.807, 2.05) is 0 Å². The summed E-state index contributed by atoms with van der Waals surface area (Å²) in [6.07, 6.45) is -7.81. The van der Waals surface area contributed by atoms with Crippen molar-refractivity contribution in [3.8, 4) is 0 Å². The Morgan fingerprint density at radius 1 is 0.552 bits per heavy atom. The van der Waals surface area contributed by atoms with Gasteiger partial charge in [0.25, 0.3) is 5.50 Å². The standard InChI is InChI=1S/C8H2F16O3S.K/c9-1(28(25,26)27)2(10,11)3(12,13)4(14,15)5(16,17)6(18,19)7(20,21)8(22,23)24;/h1H,(H,25,26,27);/q;+1/p-1. The molecule has 0 heterocycles. The van der Waals surface area contributed by atoms with Gasteiger partial charge in [-0.2, -0.15) is 65.9 Å². The molecule has 0 N–H and O–H groups in total. The van der Waals surface area contributed by atoms with Gasteiger partial charge >= 0.3 is 93.1 Å². The second kappa shape index (κ2) is 8.09. The summed E-state index contributed by atoms with van der Waals surface area (Å²) in [6, 6.07) is 0. The van der Waals surface area contributed by atoms with Crippen molar-refractivity contribution in [3.63, 3.8) is 0 Å². The summed E-state index contributed by atoms with van der Waals surface area (Å²) in [5, 5.41) is 0. The topological polar surface area (TPSA) is 57.2 Å². The fourth-order valence-electron chi connectivity index (χ4n) is 1.30. The van der Waals surface area contributed by atoms with Gasteiger partial charge < -0.3 is 4.55 Å². The minimum Gasteiger partial charge on any atom is -0.746 e. The van der Waals surface area contributed by atoms with Gasteiger partial charge in [0.15, 0.2) is 0 Å². The van der Waals surface area contributed by atoms with Crippen molar-refractivity contribution in [2.24, 2.45) is 0 Å². The Labute approximate surface area is 190 Å². The minimum atomic E-state index is -8.70. The Hall–Kier alpha value is 0.426. The Morgan fingerprint density at radius 3 is 1.03 bits per heavy atom. The molecule has 3 nitrogen and oxygen atoms in total. The maximum Gasteiger partial charge on any atom is 1.00 e. The first kappa shape index (κ1) is 31.6. The average Bonchev–Trinajstić information content (AvgIpc) is 2.42. The van der Waals surface area contributed by atoms with Crippen LogP contribution in [0.2, 0.25) is 0 Å². The van der Waals surface area contributed by atoms with E-state index in [4.69, 9.17) is 0 Å². The fraction of sp³-hybridized carbons (Fsp3) is 1.00. The molecule has 0 saturated heterocycles. The molecule has 0 fully saturated rings. The van der Waals surface area contributed by atoms with Crippen LogP contribution < -0.4 is 51.4 Å². The maximum absolute atomic E-state index is 13.0. The van der Waals surface area contributed by atoms with Crippen LogP contribution in [0.25, 0.3) is 0 Å². The van der Waals surface area contributed by atoms with Gasteiger partial charge in [0.05, 0.1) is 0 Å². The molecule has 0 aromatic rings. The number of hydrogen-bond acceptors (Lipinski definition) is 3. The summed E-state index contributed by atoms with van der Waals surface area (Å²) in [4.78, 5) is 0. The van der Waals surface area contributed by atoms with Crippen LogP contribution in [0, 0.1) is 0 Å². The van der Waals surface area contributed by atoms with Gasteiger partial charge in [-0.25, -0.2) is 12.8 Å². The van der Waals surface area contributed by atoms with E-state index in [0.717, 1.165) is 0 Å². The fourth-order valence-corrected chi connectivity index (χ4v) is 1.81. The first-order valence-electron chi connectivity index (χ1n) is 5.58. The van der Waals surface area contributed by atoms with Crippen LogP contribution >= 0.6 is 0 Å². The molecular weight excluding hydrogens is 519 g/mol. The molecule has 0 bridgehead atoms. The van der Waals surface area contributed by atoms with Crippen molar-refractivity contribution in [1.29, 1.82) is 0 Å². The van der Waals surface area contributed by atoms with E-state index in [1.54, 1.807) is 0 Å². The zero-order valence-electron chi connectivity index (χ0n) is 12.8. The van der Waals surface area contributed by atoms with Crippen molar-refractivity contribution in [2.45, 2.75) is 47.2 Å². The van der Waals surface area contributed by atoms with Crippen LogP contribution in [0.4, 0.5) is 70.2 Å². The zero-order valence-corrected chi connectivity index (χ0v) is 16.7. The van der Waals surface area contributed by atoms with E-state index in [2.05, 4.69) is 0 Å². The van der Waals surface area contributed by atoms with E-state index in [1.165, 1.54) is 0 Å². The van der Waals surface area contributed by atoms with Gasteiger partial charge in [0.2, 0.25) is 0 Å². The Morgan fingerprint density at radius 2 is 0.793 bits per heavy atom. The van der Waals surface area contributed by atoms with Gasteiger partial charge in [-0.1, -0.05) is 0 Å². The second-order valence-corrected chi connectivity index (χ2v) is 6.20. The summed E-state index contributed by atoms with van der Waals surface area (Å²) in [5.41, 5.74) is -6.02. The first-order chi connectivity index (χ1) is 11.7. The van der Waals surface area contributed by atoms with Crippen LogP contribution in [-0.2, 0) is 10.1 Å². The molecule has 1 unspecified atom stereocenters. The van der Waals surface area contributed by atoms with Gasteiger partial charge in [-0.3, -0.25) is 0 Å². The molecule has 0 spiro atoms. The first-order valence-corrected chi connectivity index (χ1v) is 7.05. The predicted octanol–water partition coefficient (Wildman–Crippen LogP) is 1.21. The summed E-state index contributed by atoms with van der Waals surface area (Å²) in [6.45, 7) is 0. The molecule has 0 aliphatic carbocycles. The van der Waals surface area contributed by atoms with E-state index in [-0.39, 0.29) is 51.4 Å². The van der Waals surface area contributed by atoms with Gasteiger partial charge in [-0.05, 0) is 0 Å². The van der Waals surface area contributed by atoms with Crippen molar-refractivity contribution in [1.82, 2.24) is 0 Å². The molecule has 0 aromatic heterocycles. The summed E-state index contributed by atoms with van der Waals surface area (Å²) in [7, 11) is -7.38. The molecule has 0 aliphatic heterocycles. The second-order valence-electron chi connectivity index (χ2n) is 4.80. The number of alkyl halides is 16. The average molecular weight is 520 g/mol. The molecule has 0 saturated carbocycles. The van der Waals surface area contributed by atoms with Crippen LogP contribution in [-0.4, -0.2) is 60.2 Å². The van der Waals surface area contributed by atoms with Crippen LogP contribution in [0.1, 0.15) is 0 Å². The Balaban J connectivity index is 0. The molecule has 0 amide bonds. The predicted molar refractivity (Wildman–Crippen MR) is 50.3 cm³/mol. The van der Waals surface area contributed by atoms with Crippen molar-refractivity contribution in [2.75, 3.05) is 0 Å². The van der Waals surface area contributed by atoms with Gasteiger partial charge in [0.1, 0.15) is 10.1 Å². The quantitative estimate of drug-likeness (QED) is 0.288. The normalized spacial score (nSPS) is 17.0. The minimum absolute atomic E-state index is 0. The van der Waals surface area contributed by atoms with E-state index < -0.39 is 57.3 Å². The largest absolute Gasteiger partial charge is 1.00 e. The van der Waals surface area contributed by atoms with Crippen molar-refractivity contribution < 1.29 is 135 Å². The number of halogens is 16. The number of rotatable bonds is 7. The Kier molecular flexibility index (Phi) is 8.81. The zero-order chi connectivity index (χ0) is 23.6. The van der Waals surface area contributed by atoms with Gasteiger partial charge in [0, 0.05) is 0 Å². The number of hydrogen-bond donors (Lipinski definition) is 0. The van der Waals surface area contributed by atoms with E-state index in [9.17, 15) is 83.2 Å². The SMILES string of the molecule is O=S(=O)([O-])C(F)C(F)(F)C(F)(F)C(F)(F)C(F)(F)C(F)(F)C(F)(F)C(F)(F)F.[K+]. The molecular formula is C8HF16KO3S. The molecule has 21 heteroatoms. The monoisotopic (exact) mass is 520 g/mol. The van der Waals surface area contributed by atoms with Crippen LogP contribution in [0.3, 0.4) is 0 Å². The van der Waals surface area contributed by atoms with Crippen LogP contribution in [0.5, 0.6) is 0 Å². The molecule has 0 rings (SSSR count). The maximum atomic E-state index is 13.0. The summed E-state index contributed by atoms with van der Waals surface area (Å²) >= 11 is 0. The summed E-state index contributed by atoms with van der Waals surface area (Å²) < 4.78 is 232.